The normalized spacial score (nSPS) is 13.8. The van der Waals surface area contributed by atoms with E-state index in [0.717, 1.165) is 0 Å². The van der Waals surface area contributed by atoms with Gasteiger partial charge in [-0.3, -0.25) is 4.79 Å². The molecule has 1 N–H and O–H groups in total. The molecule has 0 spiro atoms. The number of rotatable bonds is 5. The zero-order valence-electron chi connectivity index (χ0n) is 15.5. The van der Waals surface area contributed by atoms with Gasteiger partial charge >= 0.3 is 5.97 Å². The molecule has 3 rings (SSSR count). The summed E-state index contributed by atoms with van der Waals surface area (Å²) in [6.07, 6.45) is -0.294. The van der Waals surface area contributed by atoms with Gasteiger partial charge in [0.1, 0.15) is 5.75 Å². The molecule has 8 heteroatoms. The number of hydrogen-bond donors (Lipinski definition) is 1. The molecule has 0 aliphatic carbocycles. The second kappa shape index (κ2) is 8.84. The monoisotopic (exact) mass is 405 g/mol. The lowest BCUT2D eigenvalue weighted by atomic mass is 10.2. The van der Waals surface area contributed by atoms with E-state index in [-0.39, 0.29) is 10.6 Å². The number of carbonyl (C=O) groups excluding carboxylic acids is 2. The van der Waals surface area contributed by atoms with E-state index >= 15 is 0 Å². The van der Waals surface area contributed by atoms with Crippen LogP contribution in [0.2, 0.25) is 5.02 Å². The van der Waals surface area contributed by atoms with Crippen LogP contribution in [0.3, 0.4) is 0 Å². The average Bonchev–Trinajstić information content (AvgIpc) is 2.94. The van der Waals surface area contributed by atoms with Crippen molar-refractivity contribution in [2.45, 2.75) is 19.4 Å². The molecular weight excluding hydrogens is 386 g/mol. The van der Waals surface area contributed by atoms with Gasteiger partial charge < -0.3 is 24.3 Å². The third-order valence-electron chi connectivity index (χ3n) is 4.05. The van der Waals surface area contributed by atoms with Gasteiger partial charge in [-0.15, -0.1) is 0 Å². The van der Waals surface area contributed by atoms with Crippen molar-refractivity contribution >= 4 is 29.2 Å². The molecule has 7 nitrogen and oxygen atoms in total. The van der Waals surface area contributed by atoms with Crippen molar-refractivity contribution in [3.8, 4) is 17.2 Å². The highest BCUT2D eigenvalue weighted by atomic mass is 35.5. The van der Waals surface area contributed by atoms with Gasteiger partial charge in [-0.25, -0.2) is 4.79 Å². The molecule has 148 valence electrons. The predicted molar refractivity (Wildman–Crippen MR) is 104 cm³/mol. The van der Waals surface area contributed by atoms with Gasteiger partial charge in [0.25, 0.3) is 5.91 Å². The molecule has 1 aliphatic rings. The molecule has 1 atom stereocenters. The SMILES string of the molecule is COc1ccc(NC(=O)[C@H](C)OC(=O)c2cc(Cl)c3c(c2)OCCCO3)cc1. The first-order valence-electron chi connectivity index (χ1n) is 8.73. The fourth-order valence-electron chi connectivity index (χ4n) is 2.55. The van der Waals surface area contributed by atoms with E-state index in [4.69, 9.17) is 30.5 Å². The van der Waals surface area contributed by atoms with Crippen LogP contribution in [-0.4, -0.2) is 38.3 Å². The van der Waals surface area contributed by atoms with E-state index in [0.29, 0.717) is 42.6 Å². The Hall–Kier alpha value is -2.93. The summed E-state index contributed by atoms with van der Waals surface area (Å²) in [5.41, 5.74) is 0.741. The molecule has 0 unspecified atom stereocenters. The van der Waals surface area contributed by atoms with Gasteiger partial charge in [-0.05, 0) is 43.3 Å². The Bertz CT molecular complexity index is 868. The Balaban J connectivity index is 1.65. The highest BCUT2D eigenvalue weighted by Crippen LogP contribution is 2.38. The van der Waals surface area contributed by atoms with Crippen molar-refractivity contribution in [3.05, 3.63) is 47.0 Å². The lowest BCUT2D eigenvalue weighted by Gasteiger charge is -2.15. The molecule has 0 saturated heterocycles. The molecule has 1 aliphatic heterocycles. The maximum Gasteiger partial charge on any atom is 0.339 e. The molecule has 1 heterocycles. The summed E-state index contributed by atoms with van der Waals surface area (Å²) < 4.78 is 21.4. The molecule has 0 saturated carbocycles. The van der Waals surface area contributed by atoms with Gasteiger partial charge in [0.15, 0.2) is 17.6 Å². The van der Waals surface area contributed by atoms with Gasteiger partial charge in [-0.1, -0.05) is 11.6 Å². The zero-order chi connectivity index (χ0) is 20.1. The number of methoxy groups -OCH3 is 1. The van der Waals surface area contributed by atoms with Crippen molar-refractivity contribution in [1.82, 2.24) is 0 Å². The summed E-state index contributed by atoms with van der Waals surface area (Å²) in [6.45, 7) is 2.43. The van der Waals surface area contributed by atoms with Gasteiger partial charge in [0.05, 0.1) is 30.9 Å². The summed E-state index contributed by atoms with van der Waals surface area (Å²) in [6, 6.07) is 9.75. The quantitative estimate of drug-likeness (QED) is 0.764. The number of esters is 1. The predicted octanol–water partition coefficient (Wildman–Crippen LogP) is 3.69. The number of ether oxygens (including phenoxy) is 4. The third-order valence-corrected chi connectivity index (χ3v) is 4.33. The van der Waals surface area contributed by atoms with Crippen LogP contribution in [0.1, 0.15) is 23.7 Å². The standard InChI is InChI=1S/C20H20ClNO6/c1-12(19(23)22-14-4-6-15(25-2)7-5-14)28-20(24)13-10-16(21)18-17(11-13)26-8-3-9-27-18/h4-7,10-12H,3,8-9H2,1-2H3,(H,22,23)/t12-/m0/s1. The topological polar surface area (TPSA) is 83.1 Å². The van der Waals surface area contributed by atoms with Crippen LogP contribution in [0, 0.1) is 0 Å². The Labute approximate surface area is 167 Å². The van der Waals surface area contributed by atoms with Crippen LogP contribution in [0.4, 0.5) is 5.69 Å². The minimum atomic E-state index is -1.01. The maximum atomic E-state index is 12.4. The molecule has 2 aromatic rings. The third kappa shape index (κ3) is 4.67. The van der Waals surface area contributed by atoms with Crippen LogP contribution < -0.4 is 19.5 Å². The van der Waals surface area contributed by atoms with Crippen molar-refractivity contribution in [2.24, 2.45) is 0 Å². The number of halogens is 1. The number of benzene rings is 2. The Kier molecular flexibility index (Phi) is 6.26. The summed E-state index contributed by atoms with van der Waals surface area (Å²) in [7, 11) is 1.56. The molecule has 0 radical (unpaired) electrons. The summed E-state index contributed by atoms with van der Waals surface area (Å²) >= 11 is 6.19. The summed E-state index contributed by atoms with van der Waals surface area (Å²) in [5, 5.41) is 2.93. The minimum absolute atomic E-state index is 0.179. The van der Waals surface area contributed by atoms with Crippen LogP contribution in [0.15, 0.2) is 36.4 Å². The van der Waals surface area contributed by atoms with Crippen LogP contribution in [-0.2, 0) is 9.53 Å². The van der Waals surface area contributed by atoms with Crippen molar-refractivity contribution < 1.29 is 28.5 Å². The molecule has 0 aromatic heterocycles. The van der Waals surface area contributed by atoms with Crippen LogP contribution in [0.25, 0.3) is 0 Å². The Morgan fingerprint density at radius 2 is 1.86 bits per heavy atom. The van der Waals surface area contributed by atoms with Crippen molar-refractivity contribution in [3.63, 3.8) is 0 Å². The fourth-order valence-corrected chi connectivity index (χ4v) is 2.81. The van der Waals surface area contributed by atoms with Gasteiger partial charge in [-0.2, -0.15) is 0 Å². The number of fused-ring (bicyclic) bond motifs is 1. The highest BCUT2D eigenvalue weighted by Gasteiger charge is 2.23. The molecule has 2 aromatic carbocycles. The highest BCUT2D eigenvalue weighted by molar-refractivity contribution is 6.32. The van der Waals surface area contributed by atoms with E-state index < -0.39 is 18.0 Å². The lowest BCUT2D eigenvalue weighted by Crippen LogP contribution is -2.30. The molecular formula is C20H20ClNO6. The summed E-state index contributed by atoms with van der Waals surface area (Å²) in [5.74, 6) is 0.311. The van der Waals surface area contributed by atoms with Crippen LogP contribution in [0.5, 0.6) is 17.2 Å². The number of hydrogen-bond acceptors (Lipinski definition) is 6. The second-order valence-electron chi connectivity index (χ2n) is 6.10. The first kappa shape index (κ1) is 19.8. The van der Waals surface area contributed by atoms with Crippen LogP contribution >= 0.6 is 11.6 Å². The molecule has 1 amide bonds. The maximum absolute atomic E-state index is 12.4. The van der Waals surface area contributed by atoms with Gasteiger partial charge in [0.2, 0.25) is 0 Å². The molecule has 0 bridgehead atoms. The first-order valence-corrected chi connectivity index (χ1v) is 9.11. The van der Waals surface area contributed by atoms with E-state index in [9.17, 15) is 9.59 Å². The second-order valence-corrected chi connectivity index (χ2v) is 6.51. The zero-order valence-corrected chi connectivity index (χ0v) is 16.2. The van der Waals surface area contributed by atoms with Crippen molar-refractivity contribution in [1.29, 1.82) is 0 Å². The number of anilines is 1. The van der Waals surface area contributed by atoms with E-state index in [1.54, 1.807) is 31.4 Å². The first-order chi connectivity index (χ1) is 13.5. The van der Waals surface area contributed by atoms with E-state index in [1.807, 2.05) is 0 Å². The number of amides is 1. The smallest absolute Gasteiger partial charge is 0.339 e. The number of carbonyl (C=O) groups is 2. The Morgan fingerprint density at radius 1 is 1.14 bits per heavy atom. The average molecular weight is 406 g/mol. The number of nitrogens with one attached hydrogen (secondary N) is 1. The fraction of sp³-hybridized carbons (Fsp3) is 0.300. The van der Waals surface area contributed by atoms with Crippen molar-refractivity contribution in [2.75, 3.05) is 25.6 Å². The lowest BCUT2D eigenvalue weighted by molar-refractivity contribution is -0.123. The van der Waals surface area contributed by atoms with Gasteiger partial charge in [0, 0.05) is 12.1 Å². The summed E-state index contributed by atoms with van der Waals surface area (Å²) in [4.78, 5) is 24.7. The molecule has 0 fully saturated rings. The van der Waals surface area contributed by atoms with E-state index in [1.165, 1.54) is 19.1 Å². The largest absolute Gasteiger partial charge is 0.497 e. The molecule has 28 heavy (non-hydrogen) atoms. The van der Waals surface area contributed by atoms with E-state index in [2.05, 4.69) is 5.32 Å². The minimum Gasteiger partial charge on any atom is -0.497 e. The Morgan fingerprint density at radius 3 is 2.57 bits per heavy atom.